The average molecular weight is 1530 g/mol. The molecule has 24 heteroatoms. The average Bonchev–Trinajstić information content (AvgIpc) is 1.70. The summed E-state index contributed by atoms with van der Waals surface area (Å²) in [6.45, 7) is 4.85. The van der Waals surface area contributed by atoms with Gasteiger partial charge in [-0.25, -0.2) is 30.7 Å². The van der Waals surface area contributed by atoms with Crippen LogP contribution in [-0.2, 0) is 19.3 Å². The Labute approximate surface area is 621 Å². The maximum atomic E-state index is 13.4. The van der Waals surface area contributed by atoms with Gasteiger partial charge in [0.25, 0.3) is 0 Å². The van der Waals surface area contributed by atoms with Crippen LogP contribution in [-0.4, -0.2) is 126 Å². The lowest BCUT2D eigenvalue weighted by Gasteiger charge is -2.38. The fraction of sp³-hybridized carbons (Fsp3) is 0.222. The summed E-state index contributed by atoms with van der Waals surface area (Å²) < 4.78 is 110. The molecule has 3 aliphatic rings. The molecule has 9 aromatic carbocycles. The second-order valence-corrected chi connectivity index (χ2v) is 29.9. The zero-order valence-corrected chi connectivity index (χ0v) is 59.7. The van der Waals surface area contributed by atoms with Crippen molar-refractivity contribution >= 4 is 105 Å². The van der Waals surface area contributed by atoms with Gasteiger partial charge in [-0.2, -0.15) is 0 Å². The van der Waals surface area contributed by atoms with E-state index in [1.165, 1.54) is 64.3 Å². The van der Waals surface area contributed by atoms with Gasteiger partial charge < -0.3 is 44.2 Å². The van der Waals surface area contributed by atoms with Crippen molar-refractivity contribution in [3.63, 3.8) is 0 Å². The summed E-state index contributed by atoms with van der Waals surface area (Å²) >= 11 is 16.0. The molecule has 0 saturated carbocycles. The van der Waals surface area contributed by atoms with E-state index in [-0.39, 0.29) is 34.6 Å². The summed E-state index contributed by atoms with van der Waals surface area (Å²) in [5.41, 5.74) is 4.42. The predicted molar refractivity (Wildman–Crippen MR) is 399 cm³/mol. The van der Waals surface area contributed by atoms with Gasteiger partial charge >= 0.3 is 0 Å². The smallest absolute Gasteiger partial charge is 0.243 e. The highest BCUT2D eigenvalue weighted by Gasteiger charge is 2.36. The second kappa shape index (κ2) is 33.0. The number of hydrogen-bond acceptors (Lipinski definition) is 15. The molecule has 12 nitrogen and oxygen atoms in total. The van der Waals surface area contributed by atoms with Crippen LogP contribution in [0.1, 0.15) is 62.4 Å². The normalized spacial score (nSPS) is 14.4. The van der Waals surface area contributed by atoms with Crippen LogP contribution in [0.25, 0.3) is 30.3 Å². The SMILES string of the molecule is O=C(c1ccc(Cl)cc1)c1sc2cc(O)ccc2c1Oc1ccc(CCN2CC(C(F)F)C2)cc1.O=C(c1ccc(F)cc1)c1sc2cc(O)ccc2c1Oc1ccc(CCN2CC(C(F)F)C2)cc1.O=C(c1ccccc1Cl)c1sc2cc(O)ccc2c1Oc1ccc(CCN2CC(C(F)F)C2)cc1. The van der Waals surface area contributed by atoms with Crippen molar-refractivity contribution in [2.24, 2.45) is 17.8 Å². The third-order valence-corrected chi connectivity index (χ3v) is 22.4. The number of phenolic OH excluding ortho intramolecular Hbond substituents is 3. The van der Waals surface area contributed by atoms with Crippen LogP contribution in [0.2, 0.25) is 10.0 Å². The van der Waals surface area contributed by atoms with Gasteiger partial charge in [-0.05, 0) is 188 Å². The molecule has 0 bridgehead atoms. The Balaban J connectivity index is 0.000000140. The van der Waals surface area contributed by atoms with Crippen LogP contribution in [0.5, 0.6) is 51.7 Å². The fourth-order valence-corrected chi connectivity index (χ4v) is 16.1. The Kier molecular flexibility index (Phi) is 23.2. The van der Waals surface area contributed by atoms with E-state index in [4.69, 9.17) is 37.4 Å². The number of likely N-dealkylation sites (tertiary alicyclic amines) is 3. The zero-order valence-electron chi connectivity index (χ0n) is 55.8. The highest BCUT2D eigenvalue weighted by molar-refractivity contribution is 7.22. The molecule has 0 atom stereocenters. The van der Waals surface area contributed by atoms with E-state index in [1.54, 1.807) is 97.1 Å². The maximum absolute atomic E-state index is 13.4. The third kappa shape index (κ3) is 17.8. The first kappa shape index (κ1) is 73.9. The maximum Gasteiger partial charge on any atom is 0.243 e. The predicted octanol–water partition coefficient (Wildman–Crippen LogP) is 20.6. The number of carbonyl (C=O) groups excluding carboxylic acids is 3. The Morgan fingerprint density at radius 2 is 0.724 bits per heavy atom. The lowest BCUT2D eigenvalue weighted by atomic mass is 10.00. The van der Waals surface area contributed by atoms with Crippen LogP contribution >= 0.6 is 57.2 Å². The molecule has 0 radical (unpaired) electrons. The molecule has 12 aromatic rings. The molecule has 0 spiro atoms. The molecule has 3 saturated heterocycles. The summed E-state index contributed by atoms with van der Waals surface area (Å²) in [6, 6.07) is 56.1. The minimum atomic E-state index is -2.25. The molecule has 3 aromatic heterocycles. The van der Waals surface area contributed by atoms with Gasteiger partial charge in [0.2, 0.25) is 36.6 Å². The third-order valence-electron chi connectivity index (χ3n) is 18.4. The Hall–Kier alpha value is -9.36. The molecule has 0 amide bonds. The standard InChI is InChI=1S/2C27H22ClF2NO3S.C27H22F3NO3S/c28-19-5-3-17(4-6-19)24(33)26-25(22-10-7-20(32)13-23(22)35-26)34-21-8-1-16(2-9-21)11-12-31-14-18(15-31)27(29)30;28-22-4-2-1-3-20(22)24(33)26-25(21-10-7-18(32)13-23(21)35-26)34-19-8-5-16(6-9-19)11-12-31-14-17(15-31)27(29)30;28-19-5-3-17(4-6-19)24(33)26-25(22-10-7-20(32)13-23(22)35-26)34-21-8-1-16(2-9-21)11-12-31-14-18(15-31)27(29)30/h1-10,13,18,27,32H,11-12,14-15H2;1-10,13,17,27,32H,11-12,14-15H2;1-10,13,18,27,32H,11-12,14-15H2. The van der Waals surface area contributed by atoms with E-state index < -0.39 is 42.8 Å². The quantitative estimate of drug-likeness (QED) is 0.0390. The first-order valence-corrected chi connectivity index (χ1v) is 36.8. The summed E-state index contributed by atoms with van der Waals surface area (Å²) in [4.78, 5) is 47.1. The van der Waals surface area contributed by atoms with E-state index in [9.17, 15) is 60.4 Å². The van der Waals surface area contributed by atoms with Crippen LogP contribution in [0.15, 0.2) is 200 Å². The van der Waals surface area contributed by atoms with E-state index in [0.29, 0.717) is 125 Å². The Morgan fingerprint density at radius 3 is 1.05 bits per heavy atom. The molecule has 6 heterocycles. The molecule has 105 heavy (non-hydrogen) atoms. The molecular formula is C81H66Cl2F7N3O9S3. The number of alkyl halides is 6. The molecule has 3 aliphatic heterocycles. The first-order chi connectivity index (χ1) is 50.6. The Bertz CT molecular complexity index is 4860. The van der Waals surface area contributed by atoms with E-state index in [1.807, 2.05) is 87.5 Å². The number of aromatic hydroxyl groups is 3. The number of nitrogens with zero attached hydrogens (tertiary/aromatic N) is 3. The number of carbonyl (C=O) groups is 3. The number of ketones is 3. The lowest BCUT2D eigenvalue weighted by molar-refractivity contribution is -0.0235. The van der Waals surface area contributed by atoms with Gasteiger partial charge in [0.1, 0.15) is 54.9 Å². The van der Waals surface area contributed by atoms with Crippen molar-refractivity contribution in [1.82, 2.24) is 14.7 Å². The minimum Gasteiger partial charge on any atom is -0.508 e. The van der Waals surface area contributed by atoms with Gasteiger partial charge in [0.15, 0.2) is 17.2 Å². The number of phenols is 3. The van der Waals surface area contributed by atoms with Crippen LogP contribution in [0.4, 0.5) is 30.7 Å². The van der Waals surface area contributed by atoms with Crippen molar-refractivity contribution < 1.29 is 74.6 Å². The number of thiophene rings is 3. The minimum absolute atomic E-state index is 0.0810. The molecule has 3 N–H and O–H groups in total. The number of hydrogen-bond donors (Lipinski definition) is 3. The van der Waals surface area contributed by atoms with E-state index >= 15 is 0 Å². The Morgan fingerprint density at radius 1 is 0.410 bits per heavy atom. The molecule has 3 fully saturated rings. The topological polar surface area (TPSA) is 149 Å². The number of halogens is 9. The van der Waals surface area contributed by atoms with Crippen molar-refractivity contribution in [1.29, 1.82) is 0 Å². The number of fused-ring (bicyclic) bond motifs is 3. The van der Waals surface area contributed by atoms with E-state index in [0.717, 1.165) is 75.8 Å². The summed E-state index contributed by atoms with van der Waals surface area (Å²) in [5, 5.41) is 32.8. The van der Waals surface area contributed by atoms with Crippen LogP contribution < -0.4 is 14.2 Å². The lowest BCUT2D eigenvalue weighted by Crippen LogP contribution is -2.50. The van der Waals surface area contributed by atoms with Crippen molar-refractivity contribution in [2.45, 2.75) is 38.5 Å². The highest BCUT2D eigenvalue weighted by Crippen LogP contribution is 2.47. The van der Waals surface area contributed by atoms with Gasteiger partial charge in [-0.3, -0.25) is 14.4 Å². The first-order valence-electron chi connectivity index (χ1n) is 33.6. The summed E-state index contributed by atoms with van der Waals surface area (Å²) in [5.74, 6) is 0.535. The number of benzene rings is 9. The molecular weight excluding hydrogens is 1460 g/mol. The van der Waals surface area contributed by atoms with E-state index in [2.05, 4.69) is 0 Å². The molecule has 540 valence electrons. The second-order valence-electron chi connectivity index (χ2n) is 25.9. The molecule has 0 unspecified atom stereocenters. The monoisotopic (exact) mass is 1520 g/mol. The summed E-state index contributed by atoms with van der Waals surface area (Å²) in [6.07, 6.45) is -4.47. The summed E-state index contributed by atoms with van der Waals surface area (Å²) in [7, 11) is 0. The molecule has 15 rings (SSSR count). The number of ether oxygens (including phenoxy) is 3. The molecule has 0 aliphatic carbocycles. The van der Waals surface area contributed by atoms with Gasteiger partial charge in [-0.15, -0.1) is 34.0 Å². The highest BCUT2D eigenvalue weighted by atomic mass is 35.5. The van der Waals surface area contributed by atoms with Crippen LogP contribution in [0, 0.1) is 23.6 Å². The van der Waals surface area contributed by atoms with Crippen LogP contribution in [0.3, 0.4) is 0 Å². The van der Waals surface area contributed by atoms with Crippen molar-refractivity contribution in [2.75, 3.05) is 58.9 Å². The number of rotatable bonds is 24. The van der Waals surface area contributed by atoms with Crippen molar-refractivity contribution in [3.05, 3.63) is 264 Å². The van der Waals surface area contributed by atoms with Gasteiger partial charge in [-0.1, -0.05) is 71.7 Å². The van der Waals surface area contributed by atoms with Gasteiger partial charge in [0.05, 0.1) is 5.02 Å². The zero-order chi connectivity index (χ0) is 73.6. The fourth-order valence-electron chi connectivity index (χ4n) is 12.4. The largest absolute Gasteiger partial charge is 0.508 e. The van der Waals surface area contributed by atoms with Gasteiger partial charge in [0, 0.05) is 129 Å². The van der Waals surface area contributed by atoms with Crippen molar-refractivity contribution in [3.8, 4) is 51.7 Å².